The highest BCUT2D eigenvalue weighted by molar-refractivity contribution is 9.10. The number of benzene rings is 3. The predicted molar refractivity (Wildman–Crippen MR) is 111 cm³/mol. The van der Waals surface area contributed by atoms with Crippen molar-refractivity contribution in [1.29, 1.82) is 0 Å². The van der Waals surface area contributed by atoms with Gasteiger partial charge in [0.1, 0.15) is 6.61 Å². The Labute approximate surface area is 170 Å². The monoisotopic (exact) mass is 439 g/mol. The first-order chi connectivity index (χ1) is 13.7. The standard InChI is InChI=1S/C21H18BrN3O3/c1-2-26-18-11-15(20-24-25-21(23)28-20)10-17(22)19(18)27-12-14-8-5-7-13-6-3-4-9-16(13)14/h3-11H,2,12H2,1H3,(H2,23,25). The number of halogens is 1. The number of rotatable bonds is 6. The van der Waals surface area contributed by atoms with Gasteiger partial charge in [-0.05, 0) is 51.3 Å². The number of fused-ring (bicyclic) bond motifs is 1. The van der Waals surface area contributed by atoms with Crippen molar-refractivity contribution in [3.05, 3.63) is 64.6 Å². The minimum absolute atomic E-state index is 0.0142. The van der Waals surface area contributed by atoms with E-state index in [1.165, 1.54) is 5.39 Å². The molecule has 0 aliphatic carbocycles. The van der Waals surface area contributed by atoms with Crippen molar-refractivity contribution in [1.82, 2.24) is 10.2 Å². The van der Waals surface area contributed by atoms with Crippen LogP contribution in [0.4, 0.5) is 6.01 Å². The Bertz CT molecular complexity index is 1120. The minimum atomic E-state index is 0.0142. The smallest absolute Gasteiger partial charge is 0.313 e. The molecule has 28 heavy (non-hydrogen) atoms. The molecule has 3 aromatic carbocycles. The SMILES string of the molecule is CCOc1cc(-c2nnc(N)o2)cc(Br)c1OCc1cccc2ccccc12. The highest BCUT2D eigenvalue weighted by Gasteiger charge is 2.17. The summed E-state index contributed by atoms with van der Waals surface area (Å²) in [6.45, 7) is 2.82. The molecule has 0 atom stereocenters. The zero-order valence-corrected chi connectivity index (χ0v) is 16.8. The van der Waals surface area contributed by atoms with Crippen molar-refractivity contribution in [2.45, 2.75) is 13.5 Å². The van der Waals surface area contributed by atoms with Crippen molar-refractivity contribution in [3.63, 3.8) is 0 Å². The zero-order valence-electron chi connectivity index (χ0n) is 15.2. The fourth-order valence-corrected chi connectivity index (χ4v) is 3.57. The third-order valence-electron chi connectivity index (χ3n) is 4.25. The molecule has 0 saturated carbocycles. The van der Waals surface area contributed by atoms with E-state index < -0.39 is 0 Å². The maximum Gasteiger partial charge on any atom is 0.313 e. The van der Waals surface area contributed by atoms with Gasteiger partial charge in [-0.3, -0.25) is 0 Å². The second-order valence-corrected chi connectivity index (χ2v) is 6.95. The molecule has 0 saturated heterocycles. The zero-order chi connectivity index (χ0) is 19.5. The first-order valence-corrected chi connectivity index (χ1v) is 9.60. The van der Waals surface area contributed by atoms with Gasteiger partial charge in [-0.1, -0.05) is 47.6 Å². The van der Waals surface area contributed by atoms with E-state index in [-0.39, 0.29) is 6.01 Å². The number of hydrogen-bond donors (Lipinski definition) is 1. The van der Waals surface area contributed by atoms with E-state index in [4.69, 9.17) is 19.6 Å². The van der Waals surface area contributed by atoms with E-state index in [2.05, 4.69) is 50.4 Å². The summed E-state index contributed by atoms with van der Waals surface area (Å²) in [6, 6.07) is 18.1. The Morgan fingerprint density at radius 3 is 2.64 bits per heavy atom. The molecule has 4 aromatic rings. The summed E-state index contributed by atoms with van der Waals surface area (Å²) in [4.78, 5) is 0. The second-order valence-electron chi connectivity index (χ2n) is 6.09. The minimum Gasteiger partial charge on any atom is -0.490 e. The Kier molecular flexibility index (Phi) is 5.16. The van der Waals surface area contributed by atoms with E-state index in [0.29, 0.717) is 36.2 Å². The number of aromatic nitrogens is 2. The molecule has 0 amide bonds. The summed E-state index contributed by atoms with van der Waals surface area (Å²) < 4.78 is 18.0. The molecule has 0 aliphatic heterocycles. The third-order valence-corrected chi connectivity index (χ3v) is 4.84. The normalized spacial score (nSPS) is 10.9. The number of hydrogen-bond acceptors (Lipinski definition) is 6. The van der Waals surface area contributed by atoms with Crippen LogP contribution in [0, 0.1) is 0 Å². The summed E-state index contributed by atoms with van der Waals surface area (Å²) in [6.07, 6.45) is 0. The molecule has 4 rings (SSSR count). The van der Waals surface area contributed by atoms with Crippen LogP contribution in [0.25, 0.3) is 22.2 Å². The summed E-state index contributed by atoms with van der Waals surface area (Å²) >= 11 is 3.57. The number of ether oxygens (including phenoxy) is 2. The van der Waals surface area contributed by atoms with Gasteiger partial charge in [0.15, 0.2) is 11.5 Å². The van der Waals surface area contributed by atoms with Gasteiger partial charge >= 0.3 is 6.01 Å². The molecule has 0 fully saturated rings. The molecule has 142 valence electrons. The number of anilines is 1. The maximum atomic E-state index is 6.15. The molecule has 0 unspecified atom stereocenters. The van der Waals surface area contributed by atoms with Gasteiger partial charge in [0.05, 0.1) is 11.1 Å². The highest BCUT2D eigenvalue weighted by Crippen LogP contribution is 2.40. The summed E-state index contributed by atoms with van der Waals surface area (Å²) in [5.74, 6) is 1.52. The topological polar surface area (TPSA) is 83.4 Å². The third kappa shape index (κ3) is 3.66. The van der Waals surface area contributed by atoms with Crippen molar-refractivity contribution in [3.8, 4) is 23.0 Å². The molecule has 0 aliphatic rings. The van der Waals surface area contributed by atoms with Crippen LogP contribution in [0.3, 0.4) is 0 Å². The van der Waals surface area contributed by atoms with Gasteiger partial charge < -0.3 is 19.6 Å². The van der Waals surface area contributed by atoms with Crippen LogP contribution >= 0.6 is 15.9 Å². The van der Waals surface area contributed by atoms with Gasteiger partial charge in [-0.2, -0.15) is 0 Å². The van der Waals surface area contributed by atoms with Crippen LogP contribution in [-0.4, -0.2) is 16.8 Å². The Morgan fingerprint density at radius 2 is 1.86 bits per heavy atom. The number of nitrogen functional groups attached to an aromatic ring is 1. The fraction of sp³-hybridized carbons (Fsp3) is 0.143. The van der Waals surface area contributed by atoms with Crippen molar-refractivity contribution in [2.75, 3.05) is 12.3 Å². The molecule has 0 spiro atoms. The molecule has 1 aromatic heterocycles. The van der Waals surface area contributed by atoms with Gasteiger partial charge in [-0.15, -0.1) is 5.10 Å². The second kappa shape index (κ2) is 7.90. The molecule has 2 N–H and O–H groups in total. The average Bonchev–Trinajstić information content (AvgIpc) is 3.14. The maximum absolute atomic E-state index is 6.15. The van der Waals surface area contributed by atoms with Crippen molar-refractivity contribution >= 4 is 32.7 Å². The lowest BCUT2D eigenvalue weighted by molar-refractivity contribution is 0.268. The number of nitrogens with two attached hydrogens (primary N) is 1. The van der Waals surface area contributed by atoms with E-state index in [1.807, 2.05) is 31.2 Å². The summed E-state index contributed by atoms with van der Waals surface area (Å²) in [5, 5.41) is 9.97. The number of nitrogens with zero attached hydrogens (tertiary/aromatic N) is 2. The molecule has 7 heteroatoms. The Balaban J connectivity index is 1.66. The van der Waals surface area contributed by atoms with Gasteiger partial charge in [0.25, 0.3) is 0 Å². The van der Waals surface area contributed by atoms with E-state index in [1.54, 1.807) is 6.07 Å². The van der Waals surface area contributed by atoms with E-state index >= 15 is 0 Å². The first kappa shape index (κ1) is 18.3. The highest BCUT2D eigenvalue weighted by atomic mass is 79.9. The molecular formula is C21H18BrN3O3. The Morgan fingerprint density at radius 1 is 1.04 bits per heavy atom. The first-order valence-electron chi connectivity index (χ1n) is 8.81. The van der Waals surface area contributed by atoms with Gasteiger partial charge in [0, 0.05) is 5.56 Å². The quantitative estimate of drug-likeness (QED) is 0.443. The Hall–Kier alpha value is -3.06. The van der Waals surface area contributed by atoms with Crippen LogP contribution in [0.15, 0.2) is 63.5 Å². The van der Waals surface area contributed by atoms with Crippen LogP contribution in [0.5, 0.6) is 11.5 Å². The van der Waals surface area contributed by atoms with Crippen molar-refractivity contribution in [2.24, 2.45) is 0 Å². The lowest BCUT2D eigenvalue weighted by Gasteiger charge is -2.15. The summed E-state index contributed by atoms with van der Waals surface area (Å²) in [7, 11) is 0. The lowest BCUT2D eigenvalue weighted by atomic mass is 10.1. The van der Waals surface area contributed by atoms with Gasteiger partial charge in [-0.25, -0.2) is 0 Å². The van der Waals surface area contributed by atoms with Gasteiger partial charge in [0.2, 0.25) is 5.89 Å². The average molecular weight is 440 g/mol. The predicted octanol–water partition coefficient (Wildman–Crippen LogP) is 5.21. The molecule has 0 bridgehead atoms. The van der Waals surface area contributed by atoms with E-state index in [0.717, 1.165) is 15.4 Å². The molecule has 6 nitrogen and oxygen atoms in total. The lowest BCUT2D eigenvalue weighted by Crippen LogP contribution is -2.01. The summed E-state index contributed by atoms with van der Waals surface area (Å²) in [5.41, 5.74) is 7.32. The largest absolute Gasteiger partial charge is 0.490 e. The molecular weight excluding hydrogens is 422 g/mol. The van der Waals surface area contributed by atoms with Crippen molar-refractivity contribution < 1.29 is 13.9 Å². The van der Waals surface area contributed by atoms with E-state index in [9.17, 15) is 0 Å². The molecule has 1 heterocycles. The van der Waals surface area contributed by atoms with Crippen LogP contribution < -0.4 is 15.2 Å². The van der Waals surface area contributed by atoms with Crippen LogP contribution in [-0.2, 0) is 6.61 Å². The van der Waals surface area contributed by atoms with Crippen LogP contribution in [0.1, 0.15) is 12.5 Å². The van der Waals surface area contributed by atoms with Crippen LogP contribution in [0.2, 0.25) is 0 Å². The molecule has 0 radical (unpaired) electrons. The fourth-order valence-electron chi connectivity index (χ4n) is 3.01.